The van der Waals surface area contributed by atoms with Crippen molar-refractivity contribution in [2.24, 2.45) is 0 Å². The predicted molar refractivity (Wildman–Crippen MR) is 81.0 cm³/mol. The summed E-state index contributed by atoms with van der Waals surface area (Å²) < 4.78 is 33.8. The van der Waals surface area contributed by atoms with Crippen LogP contribution >= 0.6 is 0 Å². The highest BCUT2D eigenvalue weighted by Gasteiger charge is 2.22. The summed E-state index contributed by atoms with van der Waals surface area (Å²) in [5.74, 6) is -0.756. The highest BCUT2D eigenvalue weighted by Crippen LogP contribution is 2.12. The number of nitrogens with zero attached hydrogens (tertiary/aromatic N) is 1. The minimum absolute atomic E-state index is 0.0364. The van der Waals surface area contributed by atoms with Crippen molar-refractivity contribution in [1.29, 1.82) is 0 Å². The summed E-state index contributed by atoms with van der Waals surface area (Å²) in [5, 5.41) is 0. The molecule has 0 N–H and O–H groups in total. The van der Waals surface area contributed by atoms with Crippen LogP contribution in [0.2, 0.25) is 0 Å². The van der Waals surface area contributed by atoms with Crippen LogP contribution in [-0.4, -0.2) is 51.5 Å². The van der Waals surface area contributed by atoms with Gasteiger partial charge in [-0.25, -0.2) is 0 Å². The minimum atomic E-state index is -3.81. The number of hydrogen-bond acceptors (Lipinski definition) is 6. The molecule has 8 heteroatoms. The van der Waals surface area contributed by atoms with Crippen molar-refractivity contribution in [2.45, 2.75) is 11.8 Å². The molecule has 2 rings (SSSR count). The zero-order chi connectivity index (χ0) is 16.9. The standard InChI is InChI=1S/C15H17NO6S/c1-12-2-4-13(5-3-12)23(19,20)22-11-10-21-9-8-16-14(17)6-7-15(16)18/h2-7H,8-11H2,1H3. The van der Waals surface area contributed by atoms with Crippen LogP contribution in [0.1, 0.15) is 5.56 Å². The number of carbonyl (C=O) groups excluding carboxylic acids is 2. The highest BCUT2D eigenvalue weighted by atomic mass is 32.2. The average molecular weight is 339 g/mol. The third-order valence-corrected chi connectivity index (χ3v) is 4.46. The molecule has 0 spiro atoms. The highest BCUT2D eigenvalue weighted by molar-refractivity contribution is 7.86. The first-order chi connectivity index (χ1) is 10.9. The Morgan fingerprint density at radius 2 is 1.57 bits per heavy atom. The van der Waals surface area contributed by atoms with Gasteiger partial charge in [-0.3, -0.25) is 18.7 Å². The molecular weight excluding hydrogens is 322 g/mol. The number of rotatable bonds is 8. The van der Waals surface area contributed by atoms with Crippen molar-refractivity contribution in [1.82, 2.24) is 4.90 Å². The van der Waals surface area contributed by atoms with E-state index >= 15 is 0 Å². The van der Waals surface area contributed by atoms with Gasteiger partial charge in [0.05, 0.1) is 31.3 Å². The van der Waals surface area contributed by atoms with Gasteiger partial charge in [0.25, 0.3) is 21.9 Å². The Hall–Kier alpha value is -2.03. The van der Waals surface area contributed by atoms with E-state index in [0.29, 0.717) is 0 Å². The van der Waals surface area contributed by atoms with E-state index in [9.17, 15) is 18.0 Å². The lowest BCUT2D eigenvalue weighted by Crippen LogP contribution is -2.33. The maximum Gasteiger partial charge on any atom is 0.297 e. The van der Waals surface area contributed by atoms with Crippen molar-refractivity contribution in [2.75, 3.05) is 26.4 Å². The largest absolute Gasteiger partial charge is 0.377 e. The molecule has 1 heterocycles. The molecule has 0 saturated carbocycles. The van der Waals surface area contributed by atoms with Crippen LogP contribution in [0.3, 0.4) is 0 Å². The smallest absolute Gasteiger partial charge is 0.297 e. The van der Waals surface area contributed by atoms with Crippen LogP contribution in [0.25, 0.3) is 0 Å². The molecule has 0 fully saturated rings. The second-order valence-corrected chi connectivity index (χ2v) is 6.48. The second-order valence-electron chi connectivity index (χ2n) is 4.86. The van der Waals surface area contributed by atoms with Gasteiger partial charge in [-0.15, -0.1) is 0 Å². The van der Waals surface area contributed by atoms with Gasteiger partial charge in [0.1, 0.15) is 0 Å². The Kier molecular flexibility index (Phi) is 5.64. The lowest BCUT2D eigenvalue weighted by molar-refractivity contribution is -0.137. The first-order valence-electron chi connectivity index (χ1n) is 6.97. The first-order valence-corrected chi connectivity index (χ1v) is 8.38. The summed E-state index contributed by atoms with van der Waals surface area (Å²) >= 11 is 0. The Labute approximate surface area is 134 Å². The molecule has 2 amide bonds. The van der Waals surface area contributed by atoms with Gasteiger partial charge in [0, 0.05) is 12.2 Å². The van der Waals surface area contributed by atoms with E-state index in [-0.39, 0.29) is 43.1 Å². The molecule has 7 nitrogen and oxygen atoms in total. The molecule has 23 heavy (non-hydrogen) atoms. The number of imide groups is 1. The minimum Gasteiger partial charge on any atom is -0.377 e. The fraction of sp³-hybridized carbons (Fsp3) is 0.333. The summed E-state index contributed by atoms with van der Waals surface area (Å²) in [6.45, 7) is 1.99. The van der Waals surface area contributed by atoms with Crippen LogP contribution in [0.4, 0.5) is 0 Å². The molecule has 0 radical (unpaired) electrons. The van der Waals surface area contributed by atoms with E-state index in [1.54, 1.807) is 12.1 Å². The first kappa shape index (κ1) is 17.3. The number of benzene rings is 1. The molecule has 0 aliphatic carbocycles. The monoisotopic (exact) mass is 339 g/mol. The molecular formula is C15H17NO6S. The molecule has 1 aromatic carbocycles. The van der Waals surface area contributed by atoms with Crippen LogP contribution in [0, 0.1) is 6.92 Å². The Bertz CT molecular complexity index is 690. The molecule has 0 unspecified atom stereocenters. The molecule has 1 aliphatic rings. The molecule has 124 valence electrons. The fourth-order valence-electron chi connectivity index (χ4n) is 1.89. The maximum absolute atomic E-state index is 11.9. The Balaban J connectivity index is 1.68. The molecule has 1 aliphatic heterocycles. The van der Waals surface area contributed by atoms with Gasteiger partial charge in [0.15, 0.2) is 0 Å². The average Bonchev–Trinajstić information content (AvgIpc) is 2.82. The van der Waals surface area contributed by atoms with E-state index in [4.69, 9.17) is 8.92 Å². The normalized spacial score (nSPS) is 14.7. The van der Waals surface area contributed by atoms with E-state index < -0.39 is 10.1 Å². The molecule has 0 bridgehead atoms. The van der Waals surface area contributed by atoms with Crippen molar-refractivity contribution in [3.05, 3.63) is 42.0 Å². The molecule has 0 aromatic heterocycles. The van der Waals surface area contributed by atoms with Gasteiger partial charge in [0.2, 0.25) is 0 Å². The van der Waals surface area contributed by atoms with E-state index in [2.05, 4.69) is 0 Å². The van der Waals surface area contributed by atoms with Crippen molar-refractivity contribution in [3.63, 3.8) is 0 Å². The Morgan fingerprint density at radius 3 is 2.17 bits per heavy atom. The fourth-order valence-corrected chi connectivity index (χ4v) is 2.78. The van der Waals surface area contributed by atoms with Crippen molar-refractivity contribution in [3.8, 4) is 0 Å². The SMILES string of the molecule is Cc1ccc(S(=O)(=O)OCCOCCN2C(=O)C=CC2=O)cc1. The number of amides is 2. The summed E-state index contributed by atoms with van der Waals surface area (Å²) in [4.78, 5) is 23.7. The number of hydrogen-bond donors (Lipinski definition) is 0. The van der Waals surface area contributed by atoms with Gasteiger partial charge in [-0.1, -0.05) is 17.7 Å². The zero-order valence-corrected chi connectivity index (χ0v) is 13.4. The number of ether oxygens (including phenoxy) is 1. The second kappa shape index (κ2) is 7.49. The van der Waals surface area contributed by atoms with Gasteiger partial charge >= 0.3 is 0 Å². The molecule has 0 saturated heterocycles. The van der Waals surface area contributed by atoms with Crippen LogP contribution < -0.4 is 0 Å². The summed E-state index contributed by atoms with van der Waals surface area (Å²) in [5.41, 5.74) is 0.952. The summed E-state index contributed by atoms with van der Waals surface area (Å²) in [6.07, 6.45) is 2.39. The number of carbonyl (C=O) groups is 2. The van der Waals surface area contributed by atoms with Gasteiger partial charge in [-0.05, 0) is 19.1 Å². The maximum atomic E-state index is 11.9. The van der Waals surface area contributed by atoms with Gasteiger partial charge < -0.3 is 4.74 Å². The number of aryl methyl sites for hydroxylation is 1. The van der Waals surface area contributed by atoms with Gasteiger partial charge in [-0.2, -0.15) is 8.42 Å². The summed E-state index contributed by atoms with van der Waals surface area (Å²) in [7, 11) is -3.81. The topological polar surface area (TPSA) is 90.0 Å². The predicted octanol–water partition coefficient (Wildman–Crippen LogP) is 0.642. The van der Waals surface area contributed by atoms with E-state index in [0.717, 1.165) is 10.5 Å². The van der Waals surface area contributed by atoms with Crippen molar-refractivity contribution >= 4 is 21.9 Å². The third-order valence-electron chi connectivity index (χ3n) is 3.14. The third kappa shape index (κ3) is 4.72. The molecule has 0 atom stereocenters. The van der Waals surface area contributed by atoms with E-state index in [1.807, 2.05) is 6.92 Å². The molecule has 1 aromatic rings. The quantitative estimate of drug-likeness (QED) is 0.392. The van der Waals surface area contributed by atoms with Crippen LogP contribution in [0.5, 0.6) is 0 Å². The lowest BCUT2D eigenvalue weighted by atomic mass is 10.2. The van der Waals surface area contributed by atoms with Crippen LogP contribution in [0.15, 0.2) is 41.3 Å². The summed E-state index contributed by atoms with van der Waals surface area (Å²) in [6, 6.07) is 6.32. The Morgan fingerprint density at radius 1 is 0.957 bits per heavy atom. The van der Waals surface area contributed by atoms with Crippen molar-refractivity contribution < 1.29 is 26.9 Å². The lowest BCUT2D eigenvalue weighted by Gasteiger charge is -2.13. The van der Waals surface area contributed by atoms with Crippen LogP contribution in [-0.2, 0) is 28.6 Å². The zero-order valence-electron chi connectivity index (χ0n) is 12.6. The van der Waals surface area contributed by atoms with E-state index in [1.165, 1.54) is 24.3 Å².